The van der Waals surface area contributed by atoms with Crippen LogP contribution in [0.25, 0.3) is 0 Å². The number of carbonyl (C=O) groups excluding carboxylic acids is 1. The molecule has 0 bridgehead atoms. The molecule has 0 saturated heterocycles. The lowest BCUT2D eigenvalue weighted by Crippen LogP contribution is -2.36. The van der Waals surface area contributed by atoms with Gasteiger partial charge in [0.05, 0.1) is 0 Å². The first-order valence-electron chi connectivity index (χ1n) is 6.07. The van der Waals surface area contributed by atoms with Gasteiger partial charge in [0.25, 0.3) is 0 Å². The van der Waals surface area contributed by atoms with Crippen molar-refractivity contribution in [1.29, 1.82) is 0 Å². The molecule has 0 amide bonds. The summed E-state index contributed by atoms with van der Waals surface area (Å²) in [5.41, 5.74) is -0.269. The molecule has 0 spiro atoms. The van der Waals surface area contributed by atoms with Crippen molar-refractivity contribution in [2.75, 3.05) is 0 Å². The Labute approximate surface area is 112 Å². The summed E-state index contributed by atoms with van der Waals surface area (Å²) in [7, 11) is 0. The Kier molecular flexibility index (Phi) is 3.67. The van der Waals surface area contributed by atoms with Crippen LogP contribution in [0.1, 0.15) is 18.1 Å². The number of hydrogen-bond donors (Lipinski definition) is 1. The topological polar surface area (TPSA) is 46.5 Å². The van der Waals surface area contributed by atoms with Gasteiger partial charge in [-0.2, -0.15) is 0 Å². The molecular weight excluding hydrogens is 240 g/mol. The van der Waals surface area contributed by atoms with Crippen molar-refractivity contribution in [3.8, 4) is 5.75 Å². The van der Waals surface area contributed by atoms with E-state index in [0.29, 0.717) is 11.3 Å². The summed E-state index contributed by atoms with van der Waals surface area (Å²) in [6.45, 7) is 3.29. The van der Waals surface area contributed by atoms with Crippen molar-refractivity contribution < 1.29 is 14.6 Å². The monoisotopic (exact) mass is 256 g/mol. The summed E-state index contributed by atoms with van der Waals surface area (Å²) in [4.78, 5) is 12.1. The summed E-state index contributed by atoms with van der Waals surface area (Å²) < 4.78 is 5.20. The van der Waals surface area contributed by atoms with Gasteiger partial charge in [-0.3, -0.25) is 0 Å². The van der Waals surface area contributed by atoms with E-state index < -0.39 is 11.6 Å². The molecule has 0 aliphatic rings. The Morgan fingerprint density at radius 2 is 1.63 bits per heavy atom. The van der Waals surface area contributed by atoms with E-state index in [4.69, 9.17) is 4.74 Å². The summed E-state index contributed by atoms with van der Waals surface area (Å²) in [6.07, 6.45) is 0. The minimum absolute atomic E-state index is 0.418. The van der Waals surface area contributed by atoms with Crippen molar-refractivity contribution in [1.82, 2.24) is 0 Å². The average molecular weight is 256 g/mol. The lowest BCUT2D eigenvalue weighted by atomic mass is 9.92. The van der Waals surface area contributed by atoms with Gasteiger partial charge in [0.1, 0.15) is 5.75 Å². The van der Waals surface area contributed by atoms with E-state index in [1.807, 2.05) is 25.1 Å². The number of carbonyl (C=O) groups is 1. The number of para-hydroxylation sites is 1. The molecule has 0 aliphatic heterocycles. The summed E-state index contributed by atoms with van der Waals surface area (Å²) in [5.74, 6) is -0.269. The highest BCUT2D eigenvalue weighted by molar-refractivity contribution is 5.83. The van der Waals surface area contributed by atoms with E-state index in [1.165, 1.54) is 6.92 Å². The van der Waals surface area contributed by atoms with Gasteiger partial charge in [-0.25, -0.2) is 4.79 Å². The predicted octanol–water partition coefficient (Wildman–Crippen LogP) is 2.81. The SMILES string of the molecule is Cc1ccccc1C(C)(O)C(=O)Oc1ccccc1. The van der Waals surface area contributed by atoms with Gasteiger partial charge in [-0.15, -0.1) is 0 Å². The van der Waals surface area contributed by atoms with Crippen molar-refractivity contribution in [3.63, 3.8) is 0 Å². The van der Waals surface area contributed by atoms with Crippen molar-refractivity contribution >= 4 is 5.97 Å². The molecule has 0 aromatic heterocycles. The van der Waals surface area contributed by atoms with Crippen LogP contribution < -0.4 is 4.74 Å². The minimum atomic E-state index is -1.67. The van der Waals surface area contributed by atoms with Crippen LogP contribution in [0.2, 0.25) is 0 Å². The third kappa shape index (κ3) is 2.83. The fraction of sp³-hybridized carbons (Fsp3) is 0.188. The second kappa shape index (κ2) is 5.24. The Hall–Kier alpha value is -2.13. The molecule has 3 nitrogen and oxygen atoms in total. The zero-order chi connectivity index (χ0) is 13.9. The van der Waals surface area contributed by atoms with Gasteiger partial charge >= 0.3 is 5.97 Å². The molecule has 3 heteroatoms. The average Bonchev–Trinajstić information content (AvgIpc) is 2.40. The van der Waals surface area contributed by atoms with Gasteiger partial charge in [0, 0.05) is 0 Å². The van der Waals surface area contributed by atoms with E-state index in [-0.39, 0.29) is 0 Å². The van der Waals surface area contributed by atoms with Gasteiger partial charge < -0.3 is 9.84 Å². The van der Waals surface area contributed by atoms with Gasteiger partial charge in [0.15, 0.2) is 5.60 Å². The number of aliphatic hydroxyl groups is 1. The highest BCUT2D eigenvalue weighted by Crippen LogP contribution is 2.26. The number of rotatable bonds is 3. The normalized spacial score (nSPS) is 13.6. The molecule has 1 N–H and O–H groups in total. The molecular formula is C16H16O3. The highest BCUT2D eigenvalue weighted by Gasteiger charge is 2.35. The first-order chi connectivity index (χ1) is 9.01. The Morgan fingerprint density at radius 3 is 2.26 bits per heavy atom. The van der Waals surface area contributed by atoms with Crippen LogP contribution >= 0.6 is 0 Å². The first-order valence-corrected chi connectivity index (χ1v) is 6.07. The standard InChI is InChI=1S/C16H16O3/c1-12-8-6-7-11-14(12)16(2,18)15(17)19-13-9-4-3-5-10-13/h3-11,18H,1-2H3. The second-order valence-electron chi connectivity index (χ2n) is 4.59. The number of hydrogen-bond acceptors (Lipinski definition) is 3. The lowest BCUT2D eigenvalue weighted by Gasteiger charge is -2.23. The van der Waals surface area contributed by atoms with Crippen LogP contribution in [0, 0.1) is 6.92 Å². The highest BCUT2D eigenvalue weighted by atomic mass is 16.6. The summed E-state index contributed by atoms with van der Waals surface area (Å²) >= 11 is 0. The zero-order valence-electron chi connectivity index (χ0n) is 11.0. The molecule has 0 aliphatic carbocycles. The maximum absolute atomic E-state index is 12.1. The van der Waals surface area contributed by atoms with Gasteiger partial charge in [0.2, 0.25) is 0 Å². The van der Waals surface area contributed by atoms with Crippen molar-refractivity contribution in [3.05, 3.63) is 65.7 Å². The van der Waals surface area contributed by atoms with Gasteiger partial charge in [-0.1, -0.05) is 42.5 Å². The van der Waals surface area contributed by atoms with E-state index in [9.17, 15) is 9.90 Å². The molecule has 19 heavy (non-hydrogen) atoms. The summed E-state index contributed by atoms with van der Waals surface area (Å²) in [6, 6.07) is 15.9. The summed E-state index contributed by atoms with van der Waals surface area (Å²) in [5, 5.41) is 10.4. The fourth-order valence-corrected chi connectivity index (χ4v) is 1.92. The van der Waals surface area contributed by atoms with E-state index in [0.717, 1.165) is 5.56 Å². The number of esters is 1. The van der Waals surface area contributed by atoms with Crippen molar-refractivity contribution in [2.45, 2.75) is 19.4 Å². The quantitative estimate of drug-likeness (QED) is 0.678. The van der Waals surface area contributed by atoms with Crippen LogP contribution in [0.15, 0.2) is 54.6 Å². The van der Waals surface area contributed by atoms with E-state index in [2.05, 4.69) is 0 Å². The number of benzene rings is 2. The Morgan fingerprint density at radius 1 is 1.05 bits per heavy atom. The maximum Gasteiger partial charge on any atom is 0.347 e. The molecule has 0 fully saturated rings. The molecule has 2 aromatic carbocycles. The largest absolute Gasteiger partial charge is 0.424 e. The predicted molar refractivity (Wildman–Crippen MR) is 72.8 cm³/mol. The second-order valence-corrected chi connectivity index (χ2v) is 4.59. The molecule has 1 unspecified atom stereocenters. The number of ether oxygens (including phenoxy) is 1. The molecule has 0 saturated carbocycles. The first kappa shape index (κ1) is 13.3. The molecule has 98 valence electrons. The third-order valence-electron chi connectivity index (χ3n) is 3.02. The third-order valence-corrected chi connectivity index (χ3v) is 3.02. The van der Waals surface area contributed by atoms with E-state index >= 15 is 0 Å². The molecule has 0 radical (unpaired) electrons. The lowest BCUT2D eigenvalue weighted by molar-refractivity contribution is -0.154. The Balaban J connectivity index is 2.25. The minimum Gasteiger partial charge on any atom is -0.424 e. The fourth-order valence-electron chi connectivity index (χ4n) is 1.92. The molecule has 0 heterocycles. The number of aryl methyl sites for hydroxylation is 1. The Bertz CT molecular complexity index is 574. The van der Waals surface area contributed by atoms with E-state index in [1.54, 1.807) is 36.4 Å². The van der Waals surface area contributed by atoms with Crippen LogP contribution in [0.5, 0.6) is 5.75 Å². The molecule has 2 rings (SSSR count). The van der Waals surface area contributed by atoms with Crippen LogP contribution in [0.4, 0.5) is 0 Å². The van der Waals surface area contributed by atoms with Crippen molar-refractivity contribution in [2.24, 2.45) is 0 Å². The zero-order valence-corrected chi connectivity index (χ0v) is 11.0. The van der Waals surface area contributed by atoms with Crippen LogP contribution in [-0.4, -0.2) is 11.1 Å². The molecule has 1 atom stereocenters. The maximum atomic E-state index is 12.1. The smallest absolute Gasteiger partial charge is 0.347 e. The van der Waals surface area contributed by atoms with Crippen LogP contribution in [-0.2, 0) is 10.4 Å². The van der Waals surface area contributed by atoms with Gasteiger partial charge in [-0.05, 0) is 37.1 Å². The van der Waals surface area contributed by atoms with Crippen LogP contribution in [0.3, 0.4) is 0 Å². The molecule has 2 aromatic rings.